The number of rotatable bonds is 4. The lowest BCUT2D eigenvalue weighted by Crippen LogP contribution is -2.48. The molecule has 0 bridgehead atoms. The van der Waals surface area contributed by atoms with E-state index in [1.165, 1.54) is 0 Å². The molecule has 1 fully saturated rings. The molecule has 1 amide bonds. The average molecular weight is 432 g/mol. The quantitative estimate of drug-likeness (QED) is 0.631. The third-order valence-electron chi connectivity index (χ3n) is 7.11. The molecule has 164 valence electrons. The van der Waals surface area contributed by atoms with Gasteiger partial charge < -0.3 is 23.5 Å². The molecule has 1 aliphatic carbocycles. The lowest BCUT2D eigenvalue weighted by Gasteiger charge is -2.35. The molecule has 8 heteroatoms. The van der Waals surface area contributed by atoms with Crippen molar-refractivity contribution in [2.24, 2.45) is 5.92 Å². The lowest BCUT2D eigenvalue weighted by atomic mass is 9.89. The fraction of sp³-hybridized carbons (Fsp3) is 0.375. The van der Waals surface area contributed by atoms with E-state index in [1.54, 1.807) is 34.7 Å². The Kier molecular flexibility index (Phi) is 4.02. The minimum atomic E-state index is -0.170. The first kappa shape index (κ1) is 19.2. The molecule has 2 aliphatic heterocycles. The number of fused-ring (bicyclic) bond motifs is 4. The van der Waals surface area contributed by atoms with E-state index in [9.17, 15) is 9.59 Å². The van der Waals surface area contributed by atoms with Crippen molar-refractivity contribution in [3.8, 4) is 17.2 Å². The Bertz CT molecular complexity index is 1310. The zero-order chi connectivity index (χ0) is 22.0. The summed E-state index contributed by atoms with van der Waals surface area (Å²) in [4.78, 5) is 32.6. The van der Waals surface area contributed by atoms with E-state index in [0.717, 1.165) is 29.2 Å². The highest BCUT2D eigenvalue weighted by atomic mass is 16.5. The standard InChI is InChI=1S/C24H24N4O4/c1-15-11-27(14-25-15)19-4-5-20-22(29)26(7-8-28(20)23(19)30)13-24-10-16(24)12-32-21-6-3-17(31-2)9-18(21)24/h3-6,9,11,14,16H,7-8,10,12-13H2,1-2H3/t16-,24+/m0/s1. The normalized spacial score (nSPS) is 23.1. The highest BCUT2D eigenvalue weighted by Crippen LogP contribution is 2.60. The number of benzene rings is 1. The maximum atomic E-state index is 13.4. The molecule has 0 spiro atoms. The summed E-state index contributed by atoms with van der Waals surface area (Å²) in [5, 5.41) is 0. The van der Waals surface area contributed by atoms with Crippen LogP contribution in [-0.2, 0) is 12.0 Å². The van der Waals surface area contributed by atoms with Crippen molar-refractivity contribution in [2.75, 3.05) is 26.8 Å². The van der Waals surface area contributed by atoms with Gasteiger partial charge in [-0.2, -0.15) is 0 Å². The minimum Gasteiger partial charge on any atom is -0.497 e. The Hall–Kier alpha value is -3.55. The monoisotopic (exact) mass is 432 g/mol. The van der Waals surface area contributed by atoms with E-state index in [2.05, 4.69) is 4.98 Å². The molecule has 4 heterocycles. The van der Waals surface area contributed by atoms with Crippen molar-refractivity contribution in [3.63, 3.8) is 0 Å². The largest absolute Gasteiger partial charge is 0.497 e. The van der Waals surface area contributed by atoms with Gasteiger partial charge in [0.1, 0.15) is 22.9 Å². The van der Waals surface area contributed by atoms with Crippen molar-refractivity contribution in [3.05, 3.63) is 70.2 Å². The van der Waals surface area contributed by atoms with Gasteiger partial charge in [0.25, 0.3) is 11.5 Å². The first-order valence-electron chi connectivity index (χ1n) is 10.9. The maximum absolute atomic E-state index is 13.4. The molecule has 6 rings (SSSR count). The Labute approximate surface area is 185 Å². The Morgan fingerprint density at radius 3 is 2.88 bits per heavy atom. The molecule has 2 atom stereocenters. The van der Waals surface area contributed by atoms with Gasteiger partial charge in [-0.05, 0) is 43.7 Å². The third-order valence-corrected chi connectivity index (χ3v) is 7.11. The van der Waals surface area contributed by atoms with Crippen LogP contribution in [0, 0.1) is 12.8 Å². The number of aromatic nitrogens is 3. The van der Waals surface area contributed by atoms with Crippen LogP contribution >= 0.6 is 0 Å². The van der Waals surface area contributed by atoms with Gasteiger partial charge in [0, 0.05) is 42.7 Å². The van der Waals surface area contributed by atoms with E-state index in [-0.39, 0.29) is 16.9 Å². The topological polar surface area (TPSA) is 78.6 Å². The Balaban J connectivity index is 1.31. The summed E-state index contributed by atoms with van der Waals surface area (Å²) in [6, 6.07) is 9.37. The smallest absolute Gasteiger partial charge is 0.275 e. The van der Waals surface area contributed by atoms with Gasteiger partial charge in [-0.1, -0.05) is 0 Å². The summed E-state index contributed by atoms with van der Waals surface area (Å²) in [7, 11) is 1.66. The molecule has 0 radical (unpaired) electrons. The average Bonchev–Trinajstić information content (AvgIpc) is 3.38. The highest BCUT2D eigenvalue weighted by molar-refractivity contribution is 5.93. The Morgan fingerprint density at radius 2 is 2.09 bits per heavy atom. The van der Waals surface area contributed by atoms with Crippen LogP contribution in [-0.4, -0.2) is 51.7 Å². The van der Waals surface area contributed by atoms with Gasteiger partial charge in [-0.25, -0.2) is 4.98 Å². The number of pyridine rings is 1. The van der Waals surface area contributed by atoms with E-state index >= 15 is 0 Å². The summed E-state index contributed by atoms with van der Waals surface area (Å²) in [6.45, 7) is 4.15. The molecular weight excluding hydrogens is 408 g/mol. The van der Waals surface area contributed by atoms with E-state index in [0.29, 0.717) is 43.5 Å². The number of hydrogen-bond acceptors (Lipinski definition) is 5. The van der Waals surface area contributed by atoms with Crippen LogP contribution in [0.4, 0.5) is 0 Å². The van der Waals surface area contributed by atoms with E-state index < -0.39 is 0 Å². The zero-order valence-corrected chi connectivity index (χ0v) is 18.1. The van der Waals surface area contributed by atoms with Gasteiger partial charge in [0.15, 0.2) is 0 Å². The number of aryl methyl sites for hydroxylation is 1. The summed E-state index contributed by atoms with van der Waals surface area (Å²) >= 11 is 0. The predicted octanol–water partition coefficient (Wildman–Crippen LogP) is 2.16. The highest BCUT2D eigenvalue weighted by Gasteiger charge is 2.60. The van der Waals surface area contributed by atoms with Crippen molar-refractivity contribution in [1.29, 1.82) is 0 Å². The summed E-state index contributed by atoms with van der Waals surface area (Å²) in [5.41, 5.74) is 2.62. The van der Waals surface area contributed by atoms with Gasteiger partial charge in [0.2, 0.25) is 0 Å². The predicted molar refractivity (Wildman–Crippen MR) is 117 cm³/mol. The maximum Gasteiger partial charge on any atom is 0.275 e. The first-order valence-corrected chi connectivity index (χ1v) is 10.9. The number of methoxy groups -OCH3 is 1. The Morgan fingerprint density at radius 1 is 1.22 bits per heavy atom. The molecule has 0 N–H and O–H groups in total. The summed E-state index contributed by atoms with van der Waals surface area (Å²) in [5.74, 6) is 1.97. The lowest BCUT2D eigenvalue weighted by molar-refractivity contribution is 0.0670. The third kappa shape index (κ3) is 2.71. The molecule has 1 aromatic carbocycles. The van der Waals surface area contributed by atoms with Crippen LogP contribution in [0.5, 0.6) is 11.5 Å². The van der Waals surface area contributed by atoms with Crippen molar-refractivity contribution in [2.45, 2.75) is 25.3 Å². The van der Waals surface area contributed by atoms with Gasteiger partial charge >= 0.3 is 0 Å². The number of carbonyl (C=O) groups is 1. The molecule has 0 unspecified atom stereocenters. The van der Waals surface area contributed by atoms with Crippen LogP contribution in [0.15, 0.2) is 47.7 Å². The van der Waals surface area contributed by atoms with E-state index in [4.69, 9.17) is 9.47 Å². The van der Waals surface area contributed by atoms with Crippen LogP contribution < -0.4 is 15.0 Å². The minimum absolute atomic E-state index is 0.0994. The van der Waals surface area contributed by atoms with Crippen molar-refractivity contribution >= 4 is 5.91 Å². The molecule has 3 aliphatic rings. The summed E-state index contributed by atoms with van der Waals surface area (Å²) < 4.78 is 14.7. The summed E-state index contributed by atoms with van der Waals surface area (Å²) in [6.07, 6.45) is 4.42. The SMILES string of the molecule is COc1ccc2c(c1)[C@@]1(CN3CCn4c(ccc(-n5cnc(C)c5)c4=O)C3=O)C[C@H]1CO2. The fourth-order valence-corrected chi connectivity index (χ4v) is 5.25. The van der Waals surface area contributed by atoms with Crippen LogP contribution in [0.1, 0.15) is 28.2 Å². The van der Waals surface area contributed by atoms with Crippen molar-refractivity contribution in [1.82, 2.24) is 19.0 Å². The second kappa shape index (κ2) is 6.72. The van der Waals surface area contributed by atoms with Gasteiger partial charge in [-0.3, -0.25) is 9.59 Å². The van der Waals surface area contributed by atoms with Crippen LogP contribution in [0.2, 0.25) is 0 Å². The molecule has 0 saturated heterocycles. The van der Waals surface area contributed by atoms with Crippen LogP contribution in [0.25, 0.3) is 5.69 Å². The number of nitrogens with zero attached hydrogens (tertiary/aromatic N) is 4. The number of ether oxygens (including phenoxy) is 2. The molecular formula is C24H24N4O4. The molecule has 1 saturated carbocycles. The fourth-order valence-electron chi connectivity index (χ4n) is 5.25. The number of imidazole rings is 1. The zero-order valence-electron chi connectivity index (χ0n) is 18.1. The number of carbonyl (C=O) groups excluding carboxylic acids is 1. The van der Waals surface area contributed by atoms with Crippen molar-refractivity contribution < 1.29 is 14.3 Å². The van der Waals surface area contributed by atoms with Crippen LogP contribution in [0.3, 0.4) is 0 Å². The molecule has 2 aromatic heterocycles. The molecule has 8 nitrogen and oxygen atoms in total. The van der Waals surface area contributed by atoms with Gasteiger partial charge in [-0.15, -0.1) is 0 Å². The second-order valence-corrected chi connectivity index (χ2v) is 8.94. The molecule has 32 heavy (non-hydrogen) atoms. The second-order valence-electron chi connectivity index (χ2n) is 8.94. The van der Waals surface area contributed by atoms with Gasteiger partial charge in [0.05, 0.1) is 25.7 Å². The molecule has 3 aromatic rings. The number of hydrogen-bond donors (Lipinski definition) is 0. The number of amides is 1. The van der Waals surface area contributed by atoms with E-state index in [1.807, 2.05) is 36.2 Å². The first-order chi connectivity index (χ1) is 15.5.